The van der Waals surface area contributed by atoms with Gasteiger partial charge in [0, 0.05) is 58.8 Å². The van der Waals surface area contributed by atoms with E-state index in [4.69, 9.17) is 4.74 Å². The van der Waals surface area contributed by atoms with E-state index < -0.39 is 5.82 Å². The molecule has 3 heterocycles. The third kappa shape index (κ3) is 3.24. The molecule has 0 unspecified atom stereocenters. The number of ether oxygens (including phenoxy) is 1. The van der Waals surface area contributed by atoms with E-state index in [1.807, 2.05) is 11.9 Å². The summed E-state index contributed by atoms with van der Waals surface area (Å²) in [6.07, 6.45) is 2.42. The summed E-state index contributed by atoms with van der Waals surface area (Å²) in [4.78, 5) is 32.0. The molecule has 0 saturated carbocycles. The first-order valence-corrected chi connectivity index (χ1v) is 10.4. The number of amides is 2. The fourth-order valence-corrected chi connectivity index (χ4v) is 5.71. The van der Waals surface area contributed by atoms with E-state index in [0.717, 1.165) is 45.4 Å². The van der Waals surface area contributed by atoms with Crippen LogP contribution in [0.25, 0.3) is 0 Å². The van der Waals surface area contributed by atoms with Gasteiger partial charge < -0.3 is 14.5 Å². The van der Waals surface area contributed by atoms with Crippen LogP contribution in [0.1, 0.15) is 29.6 Å². The van der Waals surface area contributed by atoms with Gasteiger partial charge in [0.25, 0.3) is 5.91 Å². The molecule has 6 nitrogen and oxygen atoms in total. The number of carbonyl (C=O) groups is 2. The van der Waals surface area contributed by atoms with E-state index >= 15 is 0 Å². The molecule has 0 aliphatic carbocycles. The van der Waals surface area contributed by atoms with Crippen molar-refractivity contribution in [2.45, 2.75) is 19.3 Å². The van der Waals surface area contributed by atoms with Crippen LogP contribution in [0, 0.1) is 16.6 Å². The summed E-state index contributed by atoms with van der Waals surface area (Å²) < 4.78 is 19.3. The largest absolute Gasteiger partial charge is 0.383 e. The van der Waals surface area contributed by atoms with Crippen LogP contribution < -0.4 is 0 Å². The summed E-state index contributed by atoms with van der Waals surface area (Å²) in [6, 6.07) is 6.15. The topological polar surface area (TPSA) is 53.1 Å². The Morgan fingerprint density at radius 2 is 1.86 bits per heavy atom. The van der Waals surface area contributed by atoms with Gasteiger partial charge in [-0.05, 0) is 31.4 Å². The third-order valence-electron chi connectivity index (χ3n) is 7.39. The fraction of sp³-hybridized carbons (Fsp3) is 0.636. The average Bonchev–Trinajstić information content (AvgIpc) is 3.19. The molecule has 0 aromatic heterocycles. The van der Waals surface area contributed by atoms with E-state index in [1.54, 1.807) is 30.2 Å². The lowest BCUT2D eigenvalue weighted by Crippen LogP contribution is -2.53. The highest BCUT2D eigenvalue weighted by atomic mass is 19.1. The highest BCUT2D eigenvalue weighted by Gasteiger charge is 2.64. The number of methoxy groups -OCH3 is 1. The number of hydrogen-bond acceptors (Lipinski definition) is 4. The van der Waals surface area contributed by atoms with Crippen molar-refractivity contribution in [2.75, 3.05) is 60.0 Å². The van der Waals surface area contributed by atoms with Crippen molar-refractivity contribution in [3.63, 3.8) is 0 Å². The predicted octanol–water partition coefficient (Wildman–Crippen LogP) is 1.86. The molecule has 3 fully saturated rings. The second kappa shape index (κ2) is 7.69. The number of halogens is 1. The molecule has 0 bridgehead atoms. The lowest BCUT2D eigenvalue weighted by molar-refractivity contribution is -0.141. The van der Waals surface area contributed by atoms with Gasteiger partial charge in [0.1, 0.15) is 5.82 Å². The zero-order valence-electron chi connectivity index (χ0n) is 17.3. The van der Waals surface area contributed by atoms with E-state index in [9.17, 15) is 14.0 Å². The number of carbonyl (C=O) groups excluding carboxylic acids is 2. The molecule has 2 spiro atoms. The summed E-state index contributed by atoms with van der Waals surface area (Å²) in [5, 5.41) is 0. The van der Waals surface area contributed by atoms with Gasteiger partial charge in [0.05, 0.1) is 17.6 Å². The van der Waals surface area contributed by atoms with Crippen LogP contribution in [-0.4, -0.2) is 86.5 Å². The Labute approximate surface area is 171 Å². The van der Waals surface area contributed by atoms with Gasteiger partial charge >= 0.3 is 0 Å². The third-order valence-corrected chi connectivity index (χ3v) is 7.39. The normalized spacial score (nSPS) is 26.8. The standard InChI is InChI=1S/C22H30FN3O3/c1-24-10-9-22(20(24)28)16-25(13-14-29-2)15-21(22)7-11-26(12-8-21)19(27)17-5-3-4-6-18(17)23/h3-6H,7-16H2,1-2H3/t22-/m1/s1. The lowest BCUT2D eigenvalue weighted by atomic mass is 9.60. The van der Waals surface area contributed by atoms with Crippen LogP contribution in [0.3, 0.4) is 0 Å². The summed E-state index contributed by atoms with van der Waals surface area (Å²) >= 11 is 0. The minimum absolute atomic E-state index is 0.128. The fourth-order valence-electron chi connectivity index (χ4n) is 5.71. The monoisotopic (exact) mass is 403 g/mol. The van der Waals surface area contributed by atoms with Crippen molar-refractivity contribution < 1.29 is 18.7 Å². The highest BCUT2D eigenvalue weighted by molar-refractivity contribution is 5.94. The molecule has 2 amide bonds. The summed E-state index contributed by atoms with van der Waals surface area (Å²) in [5.74, 6) is -0.490. The van der Waals surface area contributed by atoms with Crippen LogP contribution in [0.4, 0.5) is 4.39 Å². The number of nitrogens with zero attached hydrogens (tertiary/aromatic N) is 3. The number of fused-ring (bicyclic) bond motifs is 1. The number of benzene rings is 1. The zero-order chi connectivity index (χ0) is 20.6. The van der Waals surface area contributed by atoms with Crippen molar-refractivity contribution in [1.29, 1.82) is 0 Å². The summed E-state index contributed by atoms with van der Waals surface area (Å²) in [5.41, 5.74) is -0.375. The molecule has 29 heavy (non-hydrogen) atoms. The predicted molar refractivity (Wildman–Crippen MR) is 107 cm³/mol. The van der Waals surface area contributed by atoms with E-state index in [-0.39, 0.29) is 28.2 Å². The smallest absolute Gasteiger partial charge is 0.256 e. The van der Waals surface area contributed by atoms with Gasteiger partial charge in [-0.3, -0.25) is 14.5 Å². The van der Waals surface area contributed by atoms with E-state index in [1.165, 1.54) is 6.07 Å². The van der Waals surface area contributed by atoms with Crippen LogP contribution in [0.15, 0.2) is 24.3 Å². The molecule has 158 valence electrons. The molecular formula is C22H30FN3O3. The quantitative estimate of drug-likeness (QED) is 0.770. The van der Waals surface area contributed by atoms with Crippen molar-refractivity contribution >= 4 is 11.8 Å². The number of rotatable bonds is 4. The molecule has 3 aliphatic heterocycles. The van der Waals surface area contributed by atoms with Crippen LogP contribution >= 0.6 is 0 Å². The molecule has 0 N–H and O–H groups in total. The maximum atomic E-state index is 14.1. The molecule has 1 atom stereocenters. The Hall–Kier alpha value is -1.99. The summed E-state index contributed by atoms with van der Waals surface area (Å²) in [6.45, 7) is 4.99. The second-order valence-corrected chi connectivity index (χ2v) is 8.81. The first-order chi connectivity index (χ1) is 13.9. The van der Waals surface area contributed by atoms with Gasteiger partial charge in [-0.25, -0.2) is 4.39 Å². The molecule has 0 radical (unpaired) electrons. The van der Waals surface area contributed by atoms with Crippen LogP contribution in [0.2, 0.25) is 0 Å². The van der Waals surface area contributed by atoms with Crippen LogP contribution in [-0.2, 0) is 9.53 Å². The Morgan fingerprint density at radius 1 is 1.14 bits per heavy atom. The van der Waals surface area contributed by atoms with Gasteiger partial charge in [0.15, 0.2) is 0 Å². The Morgan fingerprint density at radius 3 is 2.48 bits per heavy atom. The van der Waals surface area contributed by atoms with Gasteiger partial charge in [0.2, 0.25) is 5.91 Å². The maximum Gasteiger partial charge on any atom is 0.256 e. The molecule has 4 rings (SSSR count). The Kier molecular flexibility index (Phi) is 5.38. The van der Waals surface area contributed by atoms with Gasteiger partial charge in [-0.2, -0.15) is 0 Å². The SMILES string of the molecule is COCCN1CC2(CCN(C(=O)c3ccccc3F)CC2)[C@]2(CCN(C)C2=O)C1. The van der Waals surface area contributed by atoms with E-state index in [0.29, 0.717) is 19.7 Å². The Bertz CT molecular complexity index is 793. The minimum Gasteiger partial charge on any atom is -0.383 e. The average molecular weight is 403 g/mol. The minimum atomic E-state index is -0.478. The van der Waals surface area contributed by atoms with Gasteiger partial charge in [-0.1, -0.05) is 12.1 Å². The molecule has 1 aromatic rings. The summed E-state index contributed by atoms with van der Waals surface area (Å²) in [7, 11) is 3.59. The molecule has 1 aromatic carbocycles. The number of likely N-dealkylation sites (tertiary alicyclic amines) is 3. The first-order valence-electron chi connectivity index (χ1n) is 10.4. The van der Waals surface area contributed by atoms with Crippen molar-refractivity contribution in [3.05, 3.63) is 35.6 Å². The van der Waals surface area contributed by atoms with Crippen molar-refractivity contribution in [1.82, 2.24) is 14.7 Å². The Balaban J connectivity index is 1.54. The second-order valence-electron chi connectivity index (χ2n) is 8.81. The highest BCUT2D eigenvalue weighted by Crippen LogP contribution is 2.57. The molecular weight excluding hydrogens is 373 g/mol. The van der Waals surface area contributed by atoms with Crippen molar-refractivity contribution in [3.8, 4) is 0 Å². The van der Waals surface area contributed by atoms with E-state index in [2.05, 4.69) is 4.90 Å². The van der Waals surface area contributed by atoms with Gasteiger partial charge in [-0.15, -0.1) is 0 Å². The zero-order valence-corrected chi connectivity index (χ0v) is 17.3. The van der Waals surface area contributed by atoms with Crippen LogP contribution in [0.5, 0.6) is 0 Å². The molecule has 3 aliphatic rings. The molecule has 3 saturated heterocycles. The maximum absolute atomic E-state index is 14.1. The number of hydrogen-bond donors (Lipinski definition) is 0. The first kappa shape index (κ1) is 20.3. The number of piperidine rings is 1. The lowest BCUT2D eigenvalue weighted by Gasteiger charge is -2.47. The van der Waals surface area contributed by atoms with Crippen molar-refractivity contribution in [2.24, 2.45) is 10.8 Å². The molecule has 7 heteroatoms.